The SMILES string of the molecule is COc1cc(OC)c(CNCCc2ccsc2)c(OC)c1. The summed E-state index contributed by atoms with van der Waals surface area (Å²) in [7, 11) is 4.94. The highest BCUT2D eigenvalue weighted by atomic mass is 32.1. The van der Waals surface area contributed by atoms with Crippen molar-refractivity contribution >= 4 is 11.3 Å². The second kappa shape index (κ2) is 7.90. The fourth-order valence-corrected chi connectivity index (χ4v) is 2.84. The Hall–Kier alpha value is -1.72. The zero-order valence-corrected chi connectivity index (χ0v) is 13.5. The van der Waals surface area contributed by atoms with E-state index in [0.717, 1.165) is 35.8 Å². The molecule has 0 aliphatic carbocycles. The first-order valence-corrected chi connectivity index (χ1v) is 7.73. The topological polar surface area (TPSA) is 39.7 Å². The van der Waals surface area contributed by atoms with E-state index in [1.165, 1.54) is 5.56 Å². The van der Waals surface area contributed by atoms with E-state index in [1.54, 1.807) is 32.7 Å². The molecule has 1 aromatic heterocycles. The number of thiophene rings is 1. The van der Waals surface area contributed by atoms with E-state index in [9.17, 15) is 0 Å². The number of methoxy groups -OCH3 is 3. The highest BCUT2D eigenvalue weighted by Gasteiger charge is 2.12. The summed E-state index contributed by atoms with van der Waals surface area (Å²) in [4.78, 5) is 0. The molecule has 1 N–H and O–H groups in total. The van der Waals surface area contributed by atoms with Gasteiger partial charge in [-0.1, -0.05) is 0 Å². The lowest BCUT2D eigenvalue weighted by atomic mass is 10.1. The molecule has 114 valence electrons. The van der Waals surface area contributed by atoms with E-state index in [-0.39, 0.29) is 0 Å². The highest BCUT2D eigenvalue weighted by molar-refractivity contribution is 7.07. The number of rotatable bonds is 8. The van der Waals surface area contributed by atoms with Gasteiger partial charge in [0.2, 0.25) is 0 Å². The monoisotopic (exact) mass is 307 g/mol. The Morgan fingerprint density at radius 2 is 1.76 bits per heavy atom. The van der Waals surface area contributed by atoms with Crippen LogP contribution in [0.4, 0.5) is 0 Å². The molecule has 5 heteroatoms. The molecule has 0 unspecified atom stereocenters. The average molecular weight is 307 g/mol. The first-order chi connectivity index (χ1) is 10.3. The third kappa shape index (κ3) is 4.12. The summed E-state index contributed by atoms with van der Waals surface area (Å²) in [5.74, 6) is 2.27. The molecule has 0 amide bonds. The van der Waals surface area contributed by atoms with Crippen LogP contribution in [0.5, 0.6) is 17.2 Å². The van der Waals surface area contributed by atoms with Crippen molar-refractivity contribution in [2.24, 2.45) is 0 Å². The molecule has 0 saturated heterocycles. The Morgan fingerprint density at radius 1 is 1.05 bits per heavy atom. The van der Waals surface area contributed by atoms with Gasteiger partial charge in [-0.2, -0.15) is 11.3 Å². The molecule has 0 saturated carbocycles. The molecular weight excluding hydrogens is 286 g/mol. The van der Waals surface area contributed by atoms with E-state index < -0.39 is 0 Å². The van der Waals surface area contributed by atoms with Gasteiger partial charge in [0.25, 0.3) is 0 Å². The summed E-state index contributed by atoms with van der Waals surface area (Å²) in [5.41, 5.74) is 2.37. The minimum Gasteiger partial charge on any atom is -0.496 e. The number of benzene rings is 1. The lowest BCUT2D eigenvalue weighted by molar-refractivity contribution is 0.366. The van der Waals surface area contributed by atoms with E-state index in [2.05, 4.69) is 22.1 Å². The van der Waals surface area contributed by atoms with Crippen molar-refractivity contribution in [3.05, 3.63) is 40.1 Å². The van der Waals surface area contributed by atoms with Crippen molar-refractivity contribution in [2.45, 2.75) is 13.0 Å². The van der Waals surface area contributed by atoms with Gasteiger partial charge in [0.1, 0.15) is 17.2 Å². The van der Waals surface area contributed by atoms with Crippen molar-refractivity contribution in [3.63, 3.8) is 0 Å². The quantitative estimate of drug-likeness (QED) is 0.761. The second-order valence-corrected chi connectivity index (χ2v) is 5.35. The zero-order valence-electron chi connectivity index (χ0n) is 12.6. The lowest BCUT2D eigenvalue weighted by Gasteiger charge is -2.15. The van der Waals surface area contributed by atoms with Crippen molar-refractivity contribution in [1.29, 1.82) is 0 Å². The lowest BCUT2D eigenvalue weighted by Crippen LogP contribution is -2.17. The summed E-state index contributed by atoms with van der Waals surface area (Å²) in [6, 6.07) is 5.90. The fourth-order valence-electron chi connectivity index (χ4n) is 2.13. The summed E-state index contributed by atoms with van der Waals surface area (Å²) < 4.78 is 16.1. The van der Waals surface area contributed by atoms with Gasteiger partial charge in [-0.25, -0.2) is 0 Å². The summed E-state index contributed by atoms with van der Waals surface area (Å²) in [6.07, 6.45) is 1.02. The summed E-state index contributed by atoms with van der Waals surface area (Å²) in [5, 5.41) is 7.71. The third-order valence-corrected chi connectivity index (χ3v) is 4.02. The van der Waals surface area contributed by atoms with E-state index in [0.29, 0.717) is 6.54 Å². The Labute approximate surface area is 129 Å². The Bertz CT molecular complexity index is 530. The first kappa shape index (κ1) is 15.7. The van der Waals surface area contributed by atoms with Crippen LogP contribution in [0, 0.1) is 0 Å². The highest BCUT2D eigenvalue weighted by Crippen LogP contribution is 2.33. The number of nitrogens with one attached hydrogen (secondary N) is 1. The van der Waals surface area contributed by atoms with Gasteiger partial charge >= 0.3 is 0 Å². The third-order valence-electron chi connectivity index (χ3n) is 3.29. The molecule has 0 aliphatic rings. The zero-order chi connectivity index (χ0) is 15.1. The molecule has 2 rings (SSSR count). The molecule has 0 bridgehead atoms. The fraction of sp³-hybridized carbons (Fsp3) is 0.375. The molecule has 0 fully saturated rings. The van der Waals surface area contributed by atoms with Gasteiger partial charge < -0.3 is 19.5 Å². The van der Waals surface area contributed by atoms with Crippen LogP contribution in [0.2, 0.25) is 0 Å². The standard InChI is InChI=1S/C16H21NO3S/c1-18-13-8-15(19-2)14(16(9-13)20-3)10-17-6-4-12-5-7-21-11-12/h5,7-9,11,17H,4,6,10H2,1-3H3. The minimum atomic E-state index is 0.695. The molecule has 4 nitrogen and oxygen atoms in total. The van der Waals surface area contributed by atoms with Crippen LogP contribution in [-0.2, 0) is 13.0 Å². The van der Waals surface area contributed by atoms with Gasteiger partial charge in [0, 0.05) is 18.7 Å². The summed E-state index contributed by atoms with van der Waals surface area (Å²) >= 11 is 1.73. The van der Waals surface area contributed by atoms with Crippen LogP contribution in [0.15, 0.2) is 29.0 Å². The Morgan fingerprint density at radius 3 is 2.29 bits per heavy atom. The first-order valence-electron chi connectivity index (χ1n) is 6.79. The number of ether oxygens (including phenoxy) is 3. The maximum absolute atomic E-state index is 5.43. The molecule has 0 spiro atoms. The summed E-state index contributed by atoms with van der Waals surface area (Å²) in [6.45, 7) is 1.61. The van der Waals surface area contributed by atoms with Crippen LogP contribution in [0.3, 0.4) is 0 Å². The van der Waals surface area contributed by atoms with Gasteiger partial charge in [-0.15, -0.1) is 0 Å². The van der Waals surface area contributed by atoms with Crippen LogP contribution >= 0.6 is 11.3 Å². The van der Waals surface area contributed by atoms with Crippen LogP contribution < -0.4 is 19.5 Å². The molecule has 0 aliphatic heterocycles. The normalized spacial score (nSPS) is 10.4. The Kier molecular flexibility index (Phi) is 5.90. The number of hydrogen-bond acceptors (Lipinski definition) is 5. The largest absolute Gasteiger partial charge is 0.496 e. The van der Waals surface area contributed by atoms with E-state index >= 15 is 0 Å². The molecule has 1 heterocycles. The van der Waals surface area contributed by atoms with E-state index in [4.69, 9.17) is 14.2 Å². The molecule has 0 radical (unpaired) electrons. The molecule has 21 heavy (non-hydrogen) atoms. The van der Waals surface area contributed by atoms with Gasteiger partial charge in [0.15, 0.2) is 0 Å². The van der Waals surface area contributed by atoms with Crippen LogP contribution in [-0.4, -0.2) is 27.9 Å². The molecule has 2 aromatic rings. The van der Waals surface area contributed by atoms with Crippen molar-refractivity contribution in [3.8, 4) is 17.2 Å². The minimum absolute atomic E-state index is 0.695. The average Bonchev–Trinajstić information content (AvgIpc) is 3.04. The number of hydrogen-bond donors (Lipinski definition) is 1. The predicted molar refractivity (Wildman–Crippen MR) is 85.8 cm³/mol. The molecular formula is C16H21NO3S. The van der Waals surface area contributed by atoms with E-state index in [1.807, 2.05) is 12.1 Å². The second-order valence-electron chi connectivity index (χ2n) is 4.57. The molecule has 1 aromatic carbocycles. The maximum Gasteiger partial charge on any atom is 0.130 e. The van der Waals surface area contributed by atoms with Crippen LogP contribution in [0.25, 0.3) is 0 Å². The maximum atomic E-state index is 5.43. The molecule has 0 atom stereocenters. The Balaban J connectivity index is 2.00. The van der Waals surface area contributed by atoms with Gasteiger partial charge in [-0.3, -0.25) is 0 Å². The van der Waals surface area contributed by atoms with Gasteiger partial charge in [-0.05, 0) is 35.4 Å². The van der Waals surface area contributed by atoms with Crippen molar-refractivity contribution in [2.75, 3.05) is 27.9 Å². The van der Waals surface area contributed by atoms with Crippen molar-refractivity contribution in [1.82, 2.24) is 5.32 Å². The van der Waals surface area contributed by atoms with Gasteiger partial charge in [0.05, 0.1) is 26.9 Å². The smallest absolute Gasteiger partial charge is 0.130 e. The van der Waals surface area contributed by atoms with Crippen molar-refractivity contribution < 1.29 is 14.2 Å². The van der Waals surface area contributed by atoms with Crippen LogP contribution in [0.1, 0.15) is 11.1 Å². The predicted octanol–water partition coefficient (Wildman–Crippen LogP) is 3.11.